The van der Waals surface area contributed by atoms with E-state index in [0.29, 0.717) is 21.3 Å². The number of hydrogen-bond donors (Lipinski definition) is 6. The highest BCUT2D eigenvalue weighted by atomic mass is 79.9. The van der Waals surface area contributed by atoms with Crippen LogP contribution in [0.15, 0.2) is 101 Å². The number of hydrogen-bond acceptors (Lipinski definition) is 11. The van der Waals surface area contributed by atoms with E-state index in [1.807, 2.05) is 26.8 Å². The first-order valence-corrected chi connectivity index (χ1v) is 31.6. The molecule has 0 spiro atoms. The van der Waals surface area contributed by atoms with E-state index >= 15 is 0 Å². The van der Waals surface area contributed by atoms with Crippen molar-refractivity contribution in [2.75, 3.05) is 0 Å². The van der Waals surface area contributed by atoms with Crippen molar-refractivity contribution in [3.63, 3.8) is 0 Å². The van der Waals surface area contributed by atoms with Crippen LogP contribution in [0, 0.1) is 0 Å². The Morgan fingerprint density at radius 2 is 0.831 bits per heavy atom. The maximum absolute atomic E-state index is 12.2. The molecule has 3 aliphatic rings. The summed E-state index contributed by atoms with van der Waals surface area (Å²) in [6, 6.07) is 19.2. The highest BCUT2D eigenvalue weighted by Gasteiger charge is 2.33. The number of halogens is 7. The van der Waals surface area contributed by atoms with Crippen LogP contribution in [0.1, 0.15) is 124 Å². The number of nitrogens with two attached hydrogens (primary N) is 2. The van der Waals surface area contributed by atoms with Crippen molar-refractivity contribution in [3.8, 4) is 0 Å². The van der Waals surface area contributed by atoms with Crippen LogP contribution < -0.4 is 20.3 Å². The molecule has 14 nitrogen and oxygen atoms in total. The average Bonchev–Trinajstić information content (AvgIpc) is 3.99. The molecule has 8 N–H and O–H groups in total. The van der Waals surface area contributed by atoms with Gasteiger partial charge in [0.15, 0.2) is 0 Å². The second-order valence-corrected chi connectivity index (χ2v) is 30.7. The number of sulfonamides is 3. The number of primary sulfonamides is 1. The van der Waals surface area contributed by atoms with Crippen LogP contribution in [-0.2, 0) is 39.1 Å². The van der Waals surface area contributed by atoms with E-state index < -0.39 is 57.3 Å². The molecule has 0 saturated heterocycles. The molecule has 71 heavy (non-hydrogen) atoms. The summed E-state index contributed by atoms with van der Waals surface area (Å²) in [7, 11) is -10.5. The Labute approximate surface area is 462 Å². The SMILES string of the molecule is CC(C)(C)N.CC(C)(C)NS(=O)(=O)c1ccc(Br)cc1Cl.CC(C)(C)NS(=O)(=O)c1ccc(C2CC2)cc1Cl.NS(=O)(=O)c1ccc(C2CC2)cc1Cl.O=S(=O)(Cl)c1ccc(Br)cc1Cl.OB(O)C1CC1. The van der Waals surface area contributed by atoms with E-state index in [0.717, 1.165) is 41.3 Å². The minimum atomic E-state index is -3.73. The molecule has 398 valence electrons. The van der Waals surface area contributed by atoms with Gasteiger partial charge >= 0.3 is 7.12 Å². The maximum Gasteiger partial charge on any atom is 0.454 e. The van der Waals surface area contributed by atoms with Crippen LogP contribution in [-0.4, -0.2) is 67.5 Å². The molecule has 3 aliphatic carbocycles. The summed E-state index contributed by atoms with van der Waals surface area (Å²) < 4.78 is 98.6. The Morgan fingerprint density at radius 3 is 1.06 bits per heavy atom. The molecule has 0 aliphatic heterocycles. The summed E-state index contributed by atoms with van der Waals surface area (Å²) in [5.41, 5.74) is 6.54. The largest absolute Gasteiger partial charge is 0.454 e. The highest BCUT2D eigenvalue weighted by Crippen LogP contribution is 2.43. The first-order valence-electron chi connectivity index (χ1n) is 21.7. The van der Waals surface area contributed by atoms with Crippen molar-refractivity contribution in [2.45, 2.75) is 155 Å². The van der Waals surface area contributed by atoms with Gasteiger partial charge in [-0.25, -0.2) is 48.3 Å². The van der Waals surface area contributed by atoms with E-state index in [-0.39, 0.29) is 46.0 Å². The molecule has 0 radical (unpaired) electrons. The number of rotatable bonds is 9. The van der Waals surface area contributed by atoms with Gasteiger partial charge in [0.05, 0.1) is 20.1 Å². The van der Waals surface area contributed by atoms with E-state index in [1.54, 1.807) is 84.0 Å². The normalized spacial score (nSPS) is 15.1. The van der Waals surface area contributed by atoms with Crippen LogP contribution >= 0.6 is 88.9 Å². The van der Waals surface area contributed by atoms with Crippen molar-refractivity contribution < 1.29 is 43.7 Å². The Morgan fingerprint density at radius 1 is 0.535 bits per heavy atom. The fourth-order valence-electron chi connectivity index (χ4n) is 5.50. The zero-order valence-electron chi connectivity index (χ0n) is 40.6. The van der Waals surface area contributed by atoms with Gasteiger partial charge in [-0.3, -0.25) is 0 Å². The van der Waals surface area contributed by atoms with Gasteiger partial charge in [-0.15, -0.1) is 0 Å². The Bertz CT molecular complexity index is 2910. The molecule has 3 saturated carbocycles. The molecule has 0 aromatic heterocycles. The lowest BCUT2D eigenvalue weighted by Gasteiger charge is -2.21. The van der Waals surface area contributed by atoms with Crippen LogP contribution in [0.4, 0.5) is 0 Å². The predicted octanol–water partition coefficient (Wildman–Crippen LogP) is 11.7. The quantitative estimate of drug-likeness (QED) is 0.0679. The molecule has 0 amide bonds. The summed E-state index contributed by atoms with van der Waals surface area (Å²) >= 11 is 29.8. The average molecular weight is 1300 g/mol. The second-order valence-electron chi connectivity index (χ2n) is 19.9. The fourth-order valence-corrected chi connectivity index (χ4v) is 13.1. The topological polar surface area (TPSA) is 253 Å². The Hall–Kier alpha value is -1.09. The van der Waals surface area contributed by atoms with Gasteiger partial charge in [0.2, 0.25) is 30.1 Å². The van der Waals surface area contributed by atoms with Gasteiger partial charge in [-0.2, -0.15) is 0 Å². The van der Waals surface area contributed by atoms with E-state index in [1.165, 1.54) is 37.1 Å². The highest BCUT2D eigenvalue weighted by molar-refractivity contribution is 9.10. The van der Waals surface area contributed by atoms with Gasteiger partial charge in [0, 0.05) is 36.2 Å². The monoisotopic (exact) mass is 1290 g/mol. The van der Waals surface area contributed by atoms with Crippen LogP contribution in [0.3, 0.4) is 0 Å². The summed E-state index contributed by atoms with van der Waals surface area (Å²) in [6.07, 6.45) is 6.65. The molecule has 0 heterocycles. The summed E-state index contributed by atoms with van der Waals surface area (Å²) in [5, 5.41) is 22.3. The van der Waals surface area contributed by atoms with Crippen molar-refractivity contribution in [1.82, 2.24) is 9.44 Å². The smallest absolute Gasteiger partial charge is 0.427 e. The van der Waals surface area contributed by atoms with Crippen LogP contribution in [0.2, 0.25) is 25.9 Å². The summed E-state index contributed by atoms with van der Waals surface area (Å²) in [5.74, 6) is 1.34. The minimum Gasteiger partial charge on any atom is -0.427 e. The van der Waals surface area contributed by atoms with Gasteiger partial charge in [0.1, 0.15) is 19.6 Å². The lowest BCUT2D eigenvalue weighted by atomic mass is 9.84. The first kappa shape index (κ1) is 66.0. The van der Waals surface area contributed by atoms with E-state index in [2.05, 4.69) is 41.3 Å². The van der Waals surface area contributed by atoms with Gasteiger partial charge in [0.25, 0.3) is 9.05 Å². The first-order chi connectivity index (χ1) is 32.0. The Kier molecular flexibility index (Phi) is 24.9. The van der Waals surface area contributed by atoms with Gasteiger partial charge < -0.3 is 15.8 Å². The molecule has 0 bridgehead atoms. The minimum absolute atomic E-state index is 0. The lowest BCUT2D eigenvalue weighted by molar-refractivity contribution is 0.403. The molecule has 0 atom stereocenters. The third-order valence-corrected chi connectivity index (χ3v) is 17.5. The fraction of sp³-hybridized carbons (Fsp3) is 0.467. The Balaban J connectivity index is 0.000000305. The molecule has 3 fully saturated rings. The zero-order chi connectivity index (χ0) is 54.9. The van der Waals surface area contributed by atoms with Gasteiger partial charge in [-0.1, -0.05) is 103 Å². The zero-order valence-corrected chi connectivity index (χ0v) is 50.8. The van der Waals surface area contributed by atoms with Crippen molar-refractivity contribution in [3.05, 3.63) is 113 Å². The van der Waals surface area contributed by atoms with Gasteiger partial charge in [-0.05, 0) is 177 Å². The maximum atomic E-state index is 12.2. The molecular formula is C45H62BBr2Cl5N4O10S4. The van der Waals surface area contributed by atoms with Crippen molar-refractivity contribution in [1.29, 1.82) is 0 Å². The van der Waals surface area contributed by atoms with Crippen molar-refractivity contribution >= 4 is 135 Å². The van der Waals surface area contributed by atoms with Crippen molar-refractivity contribution in [2.24, 2.45) is 10.9 Å². The van der Waals surface area contributed by atoms with E-state index in [4.69, 9.17) is 78.0 Å². The molecule has 0 unspecified atom stereocenters. The standard InChI is InChI=1S/C13H18ClNO2S.C10H13BrClNO2S.C9H10ClNO2S.C6H3BrCl2O2S.C4H11N.C3H7BO2/c1-13(2,3)15-18(16,17)12-7-6-10(8-11(12)14)9-4-5-9;1-10(2,3)13-16(14,15)9-5-4-7(11)6-8(9)12;10-8-5-7(6-1-2-6)3-4-9(8)14(11,12)13;7-4-1-2-6(5(8)3-4)12(9,10)11;1-4(2,3)5;5-4(6)3-1-2-3/h6-9,15H,4-5H2,1-3H3;4-6,13H,1-3H3;3-6H,1-2H2,(H2,11,12,13);1-3H;5H2,1-3H3;3,5-6H,1-2H2. The third-order valence-electron chi connectivity index (χ3n) is 8.87. The molecule has 4 aromatic carbocycles. The third kappa shape index (κ3) is 26.5. The van der Waals surface area contributed by atoms with Crippen LogP contribution in [0.25, 0.3) is 0 Å². The van der Waals surface area contributed by atoms with Crippen LogP contribution in [0.5, 0.6) is 0 Å². The number of benzene rings is 4. The predicted molar refractivity (Wildman–Crippen MR) is 297 cm³/mol. The molecule has 7 rings (SSSR count). The molecule has 4 aromatic rings. The number of nitrogens with one attached hydrogen (secondary N) is 2. The summed E-state index contributed by atoms with van der Waals surface area (Å²) in [6.45, 7) is 16.6. The molecule has 26 heteroatoms. The molecular weight excluding hydrogens is 1230 g/mol. The lowest BCUT2D eigenvalue weighted by Crippen LogP contribution is -2.40. The van der Waals surface area contributed by atoms with E-state index in [9.17, 15) is 33.7 Å². The summed E-state index contributed by atoms with van der Waals surface area (Å²) in [4.78, 5) is 0.174. The second kappa shape index (κ2) is 26.8.